The molecular formula is C22H23F3N3O5P. The van der Waals surface area contributed by atoms with E-state index in [2.05, 4.69) is 0 Å². The van der Waals surface area contributed by atoms with Gasteiger partial charge in [-0.3, -0.25) is 9.59 Å². The molecule has 0 saturated heterocycles. The molecule has 182 valence electrons. The van der Waals surface area contributed by atoms with Gasteiger partial charge in [0, 0.05) is 6.42 Å². The number of amides is 2. The molecule has 0 radical (unpaired) electrons. The van der Waals surface area contributed by atoms with Gasteiger partial charge in [-0.05, 0) is 36.8 Å². The maximum absolute atomic E-state index is 14.1. The van der Waals surface area contributed by atoms with Crippen LogP contribution in [0.4, 0.5) is 13.2 Å². The second-order valence-electron chi connectivity index (χ2n) is 7.53. The van der Waals surface area contributed by atoms with Gasteiger partial charge in [-0.25, -0.2) is 4.57 Å². The molecule has 4 N–H and O–H groups in total. The lowest BCUT2D eigenvalue weighted by Crippen LogP contribution is -2.47. The van der Waals surface area contributed by atoms with Gasteiger partial charge < -0.3 is 25.4 Å². The zero-order valence-corrected chi connectivity index (χ0v) is 18.7. The summed E-state index contributed by atoms with van der Waals surface area (Å²) in [7, 11) is -4.52. The number of para-hydroxylation sites is 2. The predicted molar refractivity (Wildman–Crippen MR) is 118 cm³/mol. The highest BCUT2D eigenvalue weighted by molar-refractivity contribution is 7.55. The van der Waals surface area contributed by atoms with Crippen molar-refractivity contribution < 1.29 is 36.4 Å². The molecule has 2 aromatic carbocycles. The second-order valence-corrected chi connectivity index (χ2v) is 9.50. The van der Waals surface area contributed by atoms with Crippen molar-refractivity contribution in [3.05, 3.63) is 72.3 Å². The van der Waals surface area contributed by atoms with Gasteiger partial charge in [0.1, 0.15) is 11.5 Å². The SMILES string of the molecule is NC(=O)CC[C@H](N)C(=O)N1CC(C(F)(F)F)=CC1P(=O)(Oc1ccccc1)Oc1ccccc1. The molecule has 34 heavy (non-hydrogen) atoms. The topological polar surface area (TPSA) is 125 Å². The van der Waals surface area contributed by atoms with E-state index in [1.807, 2.05) is 0 Å². The molecule has 2 aromatic rings. The zero-order chi connectivity index (χ0) is 24.9. The van der Waals surface area contributed by atoms with Crippen molar-refractivity contribution in [2.45, 2.75) is 30.8 Å². The molecule has 1 aliphatic heterocycles. The first-order chi connectivity index (χ1) is 16.0. The van der Waals surface area contributed by atoms with Crippen LogP contribution in [0.3, 0.4) is 0 Å². The van der Waals surface area contributed by atoms with Gasteiger partial charge in [0.2, 0.25) is 11.8 Å². The van der Waals surface area contributed by atoms with Crippen LogP contribution in [0.25, 0.3) is 0 Å². The lowest BCUT2D eigenvalue weighted by Gasteiger charge is -2.32. The van der Waals surface area contributed by atoms with Crippen molar-refractivity contribution in [3.8, 4) is 11.5 Å². The summed E-state index contributed by atoms with van der Waals surface area (Å²) < 4.78 is 66.1. The molecule has 0 saturated carbocycles. The van der Waals surface area contributed by atoms with Crippen LogP contribution in [0.2, 0.25) is 0 Å². The van der Waals surface area contributed by atoms with Crippen molar-refractivity contribution in [1.82, 2.24) is 4.90 Å². The smallest absolute Gasteiger partial charge is 0.415 e. The van der Waals surface area contributed by atoms with Crippen LogP contribution in [0.15, 0.2) is 72.3 Å². The van der Waals surface area contributed by atoms with Crippen molar-refractivity contribution in [1.29, 1.82) is 0 Å². The predicted octanol–water partition coefficient (Wildman–Crippen LogP) is 3.59. The monoisotopic (exact) mass is 497 g/mol. The Balaban J connectivity index is 2.02. The lowest BCUT2D eigenvalue weighted by molar-refractivity contribution is -0.133. The molecule has 1 aliphatic rings. The molecule has 12 heteroatoms. The number of primary amides is 1. The first-order valence-corrected chi connectivity index (χ1v) is 11.8. The third-order valence-electron chi connectivity index (χ3n) is 4.95. The summed E-state index contributed by atoms with van der Waals surface area (Å²) >= 11 is 0. The van der Waals surface area contributed by atoms with E-state index >= 15 is 0 Å². The van der Waals surface area contributed by atoms with E-state index in [1.54, 1.807) is 36.4 Å². The summed E-state index contributed by atoms with van der Waals surface area (Å²) in [5, 5.41) is 0. The van der Waals surface area contributed by atoms with E-state index in [4.69, 9.17) is 20.5 Å². The van der Waals surface area contributed by atoms with Crippen LogP contribution in [-0.4, -0.2) is 41.3 Å². The highest BCUT2D eigenvalue weighted by Gasteiger charge is 2.52. The quantitative estimate of drug-likeness (QED) is 0.403. The summed E-state index contributed by atoms with van der Waals surface area (Å²) in [6.07, 6.45) is -4.58. The minimum atomic E-state index is -4.80. The summed E-state index contributed by atoms with van der Waals surface area (Å²) in [6, 6.07) is 14.1. The highest BCUT2D eigenvalue weighted by Crippen LogP contribution is 2.57. The zero-order valence-electron chi connectivity index (χ0n) is 17.9. The van der Waals surface area contributed by atoms with Crippen LogP contribution >= 0.6 is 7.60 Å². The Bertz CT molecular complexity index is 1050. The van der Waals surface area contributed by atoms with E-state index in [9.17, 15) is 27.3 Å². The van der Waals surface area contributed by atoms with E-state index < -0.39 is 49.5 Å². The van der Waals surface area contributed by atoms with Crippen molar-refractivity contribution in [3.63, 3.8) is 0 Å². The standard InChI is InChI=1S/C22H23F3N3O5P/c23-22(24,25)15-13-20(28(14-15)21(30)18(26)11-12-19(27)29)34(31,32-16-7-3-1-4-8-16)33-17-9-5-2-6-10-17/h1-10,13,18,20H,11-12,14,26H2,(H2,27,29)/t18-,20?/m0/s1. The third-order valence-corrected chi connectivity index (χ3v) is 6.96. The minimum absolute atomic E-state index is 0.0704. The molecule has 0 bridgehead atoms. The molecule has 2 amide bonds. The summed E-state index contributed by atoms with van der Waals surface area (Å²) in [5.74, 6) is -3.25. The van der Waals surface area contributed by atoms with Crippen LogP contribution < -0.4 is 20.5 Å². The lowest BCUT2D eigenvalue weighted by atomic mass is 10.1. The van der Waals surface area contributed by atoms with Gasteiger partial charge in [-0.15, -0.1) is 0 Å². The molecule has 1 heterocycles. The minimum Gasteiger partial charge on any atom is -0.415 e. The second kappa shape index (κ2) is 10.3. The normalized spacial score (nSPS) is 17.1. The number of nitrogens with two attached hydrogens (primary N) is 2. The number of benzene rings is 2. The molecule has 0 aliphatic carbocycles. The van der Waals surface area contributed by atoms with Gasteiger partial charge in [-0.1, -0.05) is 36.4 Å². The Morgan fingerprint density at radius 2 is 1.53 bits per heavy atom. The maximum Gasteiger partial charge on any atom is 0.457 e. The summed E-state index contributed by atoms with van der Waals surface area (Å²) in [4.78, 5) is 24.8. The van der Waals surface area contributed by atoms with Crippen LogP contribution in [0.5, 0.6) is 11.5 Å². The van der Waals surface area contributed by atoms with Gasteiger partial charge in [0.05, 0.1) is 18.2 Å². The number of hydrogen-bond acceptors (Lipinski definition) is 6. The summed E-state index contributed by atoms with van der Waals surface area (Å²) in [6.45, 7) is -0.905. The molecule has 0 spiro atoms. The number of carbonyl (C=O) groups excluding carboxylic acids is 2. The Kier molecular flexibility index (Phi) is 7.68. The van der Waals surface area contributed by atoms with Crippen molar-refractivity contribution in [2.24, 2.45) is 11.5 Å². The number of alkyl halides is 3. The van der Waals surface area contributed by atoms with Gasteiger partial charge in [0.25, 0.3) is 0 Å². The van der Waals surface area contributed by atoms with Gasteiger partial charge in [0.15, 0.2) is 5.78 Å². The number of halogens is 3. The van der Waals surface area contributed by atoms with Crippen LogP contribution in [0, 0.1) is 0 Å². The van der Waals surface area contributed by atoms with E-state index in [1.165, 1.54) is 24.3 Å². The molecular weight excluding hydrogens is 474 g/mol. The van der Waals surface area contributed by atoms with E-state index in [0.717, 1.165) is 0 Å². The first-order valence-electron chi connectivity index (χ1n) is 10.2. The number of rotatable bonds is 9. The van der Waals surface area contributed by atoms with Crippen LogP contribution in [-0.2, 0) is 14.2 Å². The Hall–Kier alpha value is -3.30. The van der Waals surface area contributed by atoms with Crippen molar-refractivity contribution in [2.75, 3.05) is 6.54 Å². The van der Waals surface area contributed by atoms with E-state index in [0.29, 0.717) is 11.0 Å². The largest absolute Gasteiger partial charge is 0.457 e. The molecule has 0 fully saturated rings. The molecule has 8 nitrogen and oxygen atoms in total. The maximum atomic E-state index is 14.1. The van der Waals surface area contributed by atoms with Gasteiger partial charge in [-0.2, -0.15) is 13.2 Å². The fraction of sp³-hybridized carbons (Fsp3) is 0.273. The van der Waals surface area contributed by atoms with Crippen LogP contribution in [0.1, 0.15) is 12.8 Å². The summed E-state index contributed by atoms with van der Waals surface area (Å²) in [5.41, 5.74) is 9.82. The first kappa shape index (κ1) is 25.3. The Labute approximate surface area is 193 Å². The Morgan fingerprint density at radius 1 is 1.03 bits per heavy atom. The number of nitrogens with zero attached hydrogens (tertiary/aromatic N) is 1. The van der Waals surface area contributed by atoms with Gasteiger partial charge >= 0.3 is 13.8 Å². The third kappa shape index (κ3) is 6.18. The average molecular weight is 497 g/mol. The molecule has 1 unspecified atom stereocenters. The van der Waals surface area contributed by atoms with E-state index in [-0.39, 0.29) is 24.3 Å². The number of carbonyl (C=O) groups is 2. The molecule has 3 rings (SSSR count). The highest BCUT2D eigenvalue weighted by atomic mass is 31.2. The fourth-order valence-electron chi connectivity index (χ4n) is 3.27. The van der Waals surface area contributed by atoms with Crippen molar-refractivity contribution >= 4 is 19.4 Å². The molecule has 2 atom stereocenters. The average Bonchev–Trinajstić information content (AvgIpc) is 3.25. The molecule has 0 aromatic heterocycles. The Morgan fingerprint density at radius 3 is 1.97 bits per heavy atom. The fourth-order valence-corrected chi connectivity index (χ4v) is 5.26. The number of hydrogen-bond donors (Lipinski definition) is 2.